The Hall–Kier alpha value is -1.17. The van der Waals surface area contributed by atoms with Gasteiger partial charge in [-0.3, -0.25) is 4.90 Å². The average molecular weight is 294 g/mol. The summed E-state index contributed by atoms with van der Waals surface area (Å²) in [6, 6.07) is 7.96. The summed E-state index contributed by atoms with van der Waals surface area (Å²) in [5.74, 6) is 0.891. The Morgan fingerprint density at radius 3 is 2.80 bits per heavy atom. The van der Waals surface area contributed by atoms with Gasteiger partial charge in [0, 0.05) is 32.7 Å². The third-order valence-electron chi connectivity index (χ3n) is 3.29. The van der Waals surface area contributed by atoms with Gasteiger partial charge in [-0.25, -0.2) is 0 Å². The molecule has 20 heavy (non-hydrogen) atoms. The van der Waals surface area contributed by atoms with E-state index in [1.165, 1.54) is 0 Å². The molecule has 1 aliphatic heterocycles. The van der Waals surface area contributed by atoms with Gasteiger partial charge in [-0.1, -0.05) is 24.4 Å². The van der Waals surface area contributed by atoms with Crippen LogP contribution in [0.5, 0.6) is 5.75 Å². The molecule has 0 bridgehead atoms. The highest BCUT2D eigenvalue weighted by molar-refractivity contribution is 7.80. The molecule has 1 heterocycles. The van der Waals surface area contributed by atoms with Crippen LogP contribution in [-0.4, -0.2) is 49.3 Å². The van der Waals surface area contributed by atoms with Gasteiger partial charge in [0.2, 0.25) is 0 Å². The zero-order valence-corrected chi connectivity index (χ0v) is 12.5. The monoisotopic (exact) mass is 294 g/mol. The Morgan fingerprint density at radius 1 is 1.25 bits per heavy atom. The SMILES string of the molecule is NC(=S)Cc1ccc(OCCN2CCCOCC2)cc1. The third-order valence-corrected chi connectivity index (χ3v) is 3.44. The summed E-state index contributed by atoms with van der Waals surface area (Å²) >= 11 is 4.89. The number of rotatable bonds is 6. The van der Waals surface area contributed by atoms with Gasteiger partial charge in [-0.2, -0.15) is 0 Å². The molecule has 2 N–H and O–H groups in total. The average Bonchev–Trinajstić information content (AvgIpc) is 2.69. The Morgan fingerprint density at radius 2 is 2.05 bits per heavy atom. The van der Waals surface area contributed by atoms with Gasteiger partial charge in [0.15, 0.2) is 0 Å². The van der Waals surface area contributed by atoms with Crippen LogP contribution < -0.4 is 10.5 Å². The first-order chi connectivity index (χ1) is 9.74. The summed E-state index contributed by atoms with van der Waals surface area (Å²) in [5.41, 5.74) is 6.64. The maximum absolute atomic E-state index is 5.76. The summed E-state index contributed by atoms with van der Waals surface area (Å²) < 4.78 is 11.2. The van der Waals surface area contributed by atoms with Crippen molar-refractivity contribution in [3.63, 3.8) is 0 Å². The van der Waals surface area contributed by atoms with Gasteiger partial charge in [0.05, 0.1) is 11.6 Å². The standard InChI is InChI=1S/C15H22N2O2S/c16-15(20)12-13-2-4-14(5-3-13)19-11-8-17-6-1-9-18-10-7-17/h2-5H,1,6-12H2,(H2,16,20). The lowest BCUT2D eigenvalue weighted by molar-refractivity contribution is 0.137. The summed E-state index contributed by atoms with van der Waals surface area (Å²) in [6.45, 7) is 5.44. The zero-order chi connectivity index (χ0) is 14.2. The van der Waals surface area contributed by atoms with Gasteiger partial charge in [-0.05, 0) is 24.1 Å². The molecule has 1 saturated heterocycles. The van der Waals surface area contributed by atoms with Crippen molar-refractivity contribution in [2.45, 2.75) is 12.8 Å². The molecular weight excluding hydrogens is 272 g/mol. The van der Waals surface area contributed by atoms with Crippen LogP contribution in [0.15, 0.2) is 24.3 Å². The van der Waals surface area contributed by atoms with E-state index in [1.54, 1.807) is 0 Å². The van der Waals surface area contributed by atoms with E-state index in [0.29, 0.717) is 18.0 Å². The lowest BCUT2D eigenvalue weighted by Crippen LogP contribution is -2.30. The Kier molecular flexibility index (Phi) is 6.24. The first-order valence-corrected chi connectivity index (χ1v) is 7.45. The van der Waals surface area contributed by atoms with Crippen molar-refractivity contribution >= 4 is 17.2 Å². The first kappa shape index (κ1) is 15.2. The van der Waals surface area contributed by atoms with Crippen molar-refractivity contribution in [2.75, 3.05) is 39.5 Å². The van der Waals surface area contributed by atoms with E-state index in [2.05, 4.69) is 4.90 Å². The van der Waals surface area contributed by atoms with Gasteiger partial charge in [0.1, 0.15) is 12.4 Å². The Balaban J connectivity index is 1.71. The summed E-state index contributed by atoms with van der Waals surface area (Å²) in [6.07, 6.45) is 1.75. The topological polar surface area (TPSA) is 47.7 Å². The maximum Gasteiger partial charge on any atom is 0.119 e. The molecule has 5 heteroatoms. The van der Waals surface area contributed by atoms with Crippen LogP contribution in [0.25, 0.3) is 0 Å². The quantitative estimate of drug-likeness (QED) is 0.808. The van der Waals surface area contributed by atoms with E-state index in [-0.39, 0.29) is 0 Å². The molecule has 4 nitrogen and oxygen atoms in total. The highest BCUT2D eigenvalue weighted by Gasteiger charge is 2.08. The minimum Gasteiger partial charge on any atom is -0.492 e. The predicted molar refractivity (Wildman–Crippen MR) is 84.3 cm³/mol. The third kappa shape index (κ3) is 5.45. The summed E-state index contributed by atoms with van der Waals surface area (Å²) in [5, 5.41) is 0. The smallest absolute Gasteiger partial charge is 0.119 e. The molecule has 0 radical (unpaired) electrons. The Labute approximate surface area is 125 Å². The van der Waals surface area contributed by atoms with Crippen LogP contribution in [0.1, 0.15) is 12.0 Å². The molecule has 1 aromatic rings. The molecule has 0 atom stereocenters. The number of benzene rings is 1. The molecule has 1 aliphatic rings. The number of nitrogens with zero attached hydrogens (tertiary/aromatic N) is 1. The molecule has 1 fully saturated rings. The molecular formula is C15H22N2O2S. The van der Waals surface area contributed by atoms with Crippen LogP contribution in [-0.2, 0) is 11.2 Å². The molecule has 0 saturated carbocycles. The number of nitrogens with two attached hydrogens (primary N) is 1. The summed E-state index contributed by atoms with van der Waals surface area (Å²) in [7, 11) is 0. The molecule has 0 amide bonds. The van der Waals surface area contributed by atoms with Crippen molar-refractivity contribution in [1.82, 2.24) is 4.90 Å². The highest BCUT2D eigenvalue weighted by Crippen LogP contribution is 2.12. The molecule has 1 aromatic carbocycles. The fourth-order valence-electron chi connectivity index (χ4n) is 2.22. The first-order valence-electron chi connectivity index (χ1n) is 7.04. The van der Waals surface area contributed by atoms with Gasteiger partial charge < -0.3 is 15.2 Å². The zero-order valence-electron chi connectivity index (χ0n) is 11.7. The van der Waals surface area contributed by atoms with E-state index in [0.717, 1.165) is 50.6 Å². The van der Waals surface area contributed by atoms with Crippen molar-refractivity contribution in [3.05, 3.63) is 29.8 Å². The fourth-order valence-corrected chi connectivity index (χ4v) is 2.39. The minimum atomic E-state index is 0.516. The number of thiocarbonyl (C=S) groups is 1. The van der Waals surface area contributed by atoms with E-state index in [9.17, 15) is 0 Å². The van der Waals surface area contributed by atoms with Crippen LogP contribution in [0.2, 0.25) is 0 Å². The van der Waals surface area contributed by atoms with Crippen molar-refractivity contribution in [1.29, 1.82) is 0 Å². The second kappa shape index (κ2) is 8.19. The van der Waals surface area contributed by atoms with Crippen molar-refractivity contribution in [2.24, 2.45) is 5.73 Å². The van der Waals surface area contributed by atoms with E-state index < -0.39 is 0 Å². The normalized spacial score (nSPS) is 16.6. The number of hydrogen-bond donors (Lipinski definition) is 1. The lowest BCUT2D eigenvalue weighted by atomic mass is 10.1. The van der Waals surface area contributed by atoms with Crippen molar-refractivity contribution in [3.8, 4) is 5.75 Å². The van der Waals surface area contributed by atoms with Gasteiger partial charge in [0.25, 0.3) is 0 Å². The largest absolute Gasteiger partial charge is 0.492 e. The van der Waals surface area contributed by atoms with Gasteiger partial charge >= 0.3 is 0 Å². The minimum absolute atomic E-state index is 0.516. The second-order valence-electron chi connectivity index (χ2n) is 4.94. The molecule has 0 spiro atoms. The summed E-state index contributed by atoms with van der Waals surface area (Å²) in [4.78, 5) is 2.90. The van der Waals surface area contributed by atoms with Crippen LogP contribution in [0, 0.1) is 0 Å². The maximum atomic E-state index is 5.76. The number of hydrogen-bond acceptors (Lipinski definition) is 4. The molecule has 110 valence electrons. The predicted octanol–water partition coefficient (Wildman–Crippen LogP) is 1.62. The fraction of sp³-hybridized carbons (Fsp3) is 0.533. The van der Waals surface area contributed by atoms with Crippen molar-refractivity contribution < 1.29 is 9.47 Å². The van der Waals surface area contributed by atoms with E-state index in [4.69, 9.17) is 27.4 Å². The lowest BCUT2D eigenvalue weighted by Gasteiger charge is -2.19. The van der Waals surface area contributed by atoms with Gasteiger partial charge in [-0.15, -0.1) is 0 Å². The highest BCUT2D eigenvalue weighted by atomic mass is 32.1. The van der Waals surface area contributed by atoms with E-state index >= 15 is 0 Å². The molecule has 2 rings (SSSR count). The molecule has 0 aliphatic carbocycles. The second-order valence-corrected chi connectivity index (χ2v) is 5.47. The van der Waals surface area contributed by atoms with Crippen LogP contribution >= 0.6 is 12.2 Å². The van der Waals surface area contributed by atoms with E-state index in [1.807, 2.05) is 24.3 Å². The number of ether oxygens (including phenoxy) is 2. The Bertz CT molecular complexity index is 414. The van der Waals surface area contributed by atoms with Crippen LogP contribution in [0.3, 0.4) is 0 Å². The molecule has 0 unspecified atom stereocenters. The molecule has 0 aromatic heterocycles. The van der Waals surface area contributed by atoms with Crippen LogP contribution in [0.4, 0.5) is 0 Å².